The zero-order chi connectivity index (χ0) is 24.8. The number of hydrogen-bond donors (Lipinski definition) is 2. The molecule has 0 radical (unpaired) electrons. The van der Waals surface area contributed by atoms with Crippen LogP contribution in [0.3, 0.4) is 0 Å². The largest absolute Gasteiger partial charge is 0.487 e. The minimum absolute atomic E-state index is 0.0360. The van der Waals surface area contributed by atoms with E-state index in [1.54, 1.807) is 0 Å². The molecule has 4 heteroatoms. The van der Waals surface area contributed by atoms with Crippen molar-refractivity contribution in [2.24, 2.45) is 0 Å². The Kier molecular flexibility index (Phi) is 16.5. The second-order valence-corrected chi connectivity index (χ2v) is 9.59. The lowest BCUT2D eigenvalue weighted by atomic mass is 10.0. The molecule has 4 nitrogen and oxygen atoms in total. The van der Waals surface area contributed by atoms with Gasteiger partial charge in [0.05, 0.1) is 12.2 Å². The molecular formula is C31H48N2O2. The van der Waals surface area contributed by atoms with Crippen molar-refractivity contribution in [1.82, 2.24) is 5.32 Å². The monoisotopic (exact) mass is 480 g/mol. The van der Waals surface area contributed by atoms with Crippen LogP contribution in [0.2, 0.25) is 0 Å². The van der Waals surface area contributed by atoms with Crippen LogP contribution in [0, 0.1) is 0 Å². The van der Waals surface area contributed by atoms with E-state index in [1.807, 2.05) is 54.6 Å². The lowest BCUT2D eigenvalue weighted by Crippen LogP contribution is -2.28. The van der Waals surface area contributed by atoms with Gasteiger partial charge in [0.2, 0.25) is 5.91 Å². The van der Waals surface area contributed by atoms with Gasteiger partial charge in [0.15, 0.2) is 0 Å². The molecule has 194 valence electrons. The van der Waals surface area contributed by atoms with Gasteiger partial charge < -0.3 is 15.4 Å². The number of rotatable bonds is 21. The van der Waals surface area contributed by atoms with E-state index >= 15 is 0 Å². The Balaban J connectivity index is 1.44. The molecule has 0 atom stereocenters. The summed E-state index contributed by atoms with van der Waals surface area (Å²) in [5, 5.41) is 6.25. The Morgan fingerprint density at radius 3 is 1.86 bits per heavy atom. The fraction of sp³-hybridized carbons (Fsp3) is 0.581. The van der Waals surface area contributed by atoms with Crippen LogP contribution >= 0.6 is 0 Å². The molecule has 0 aliphatic rings. The molecule has 0 saturated heterocycles. The van der Waals surface area contributed by atoms with Gasteiger partial charge in [0.25, 0.3) is 0 Å². The summed E-state index contributed by atoms with van der Waals surface area (Å²) in [7, 11) is 0. The van der Waals surface area contributed by atoms with Crippen molar-refractivity contribution < 1.29 is 9.53 Å². The number of hydrogen-bond acceptors (Lipinski definition) is 3. The summed E-state index contributed by atoms with van der Waals surface area (Å²) in [4.78, 5) is 12.4. The standard InChI is InChI=1S/C31H48N2O2/c1-2-3-4-5-6-7-8-9-10-11-12-13-14-20-25-32-26-31(34)33-29-23-18-19-24-30(29)35-27-28-21-16-15-17-22-28/h15-19,21-24,32H,2-14,20,25-27H2,1H3,(H,33,34). The first kappa shape index (κ1) is 28.9. The van der Waals surface area contributed by atoms with Crippen LogP contribution in [0.1, 0.15) is 102 Å². The first-order valence-corrected chi connectivity index (χ1v) is 14.1. The number of benzene rings is 2. The maximum absolute atomic E-state index is 12.4. The molecule has 2 rings (SSSR count). The third kappa shape index (κ3) is 14.6. The Labute approximate surface area is 214 Å². The lowest BCUT2D eigenvalue weighted by molar-refractivity contribution is -0.115. The van der Waals surface area contributed by atoms with Crippen molar-refractivity contribution in [2.45, 2.75) is 103 Å². The molecule has 0 heterocycles. The number of nitrogens with one attached hydrogen (secondary N) is 2. The molecule has 0 unspecified atom stereocenters. The van der Waals surface area contributed by atoms with Gasteiger partial charge in [0, 0.05) is 0 Å². The molecule has 0 aliphatic heterocycles. The lowest BCUT2D eigenvalue weighted by Gasteiger charge is -2.13. The summed E-state index contributed by atoms with van der Waals surface area (Å²) < 4.78 is 5.92. The van der Waals surface area contributed by atoms with Gasteiger partial charge in [-0.2, -0.15) is 0 Å². The van der Waals surface area contributed by atoms with Gasteiger partial charge in [-0.25, -0.2) is 0 Å². The maximum Gasteiger partial charge on any atom is 0.238 e. The smallest absolute Gasteiger partial charge is 0.238 e. The van der Waals surface area contributed by atoms with Crippen LogP contribution in [0.15, 0.2) is 54.6 Å². The average molecular weight is 481 g/mol. The minimum Gasteiger partial charge on any atom is -0.487 e. The van der Waals surface area contributed by atoms with Crippen molar-refractivity contribution >= 4 is 11.6 Å². The van der Waals surface area contributed by atoms with E-state index in [9.17, 15) is 4.79 Å². The maximum atomic E-state index is 12.4. The Hall–Kier alpha value is -2.33. The van der Waals surface area contributed by atoms with Gasteiger partial charge in [-0.1, -0.05) is 133 Å². The molecule has 0 spiro atoms. The number of amides is 1. The van der Waals surface area contributed by atoms with Gasteiger partial charge in [-0.3, -0.25) is 4.79 Å². The predicted molar refractivity (Wildman–Crippen MR) is 149 cm³/mol. The van der Waals surface area contributed by atoms with Crippen LogP contribution in [0.5, 0.6) is 5.75 Å². The van der Waals surface area contributed by atoms with E-state index in [2.05, 4.69) is 17.6 Å². The molecule has 35 heavy (non-hydrogen) atoms. The fourth-order valence-corrected chi connectivity index (χ4v) is 4.27. The van der Waals surface area contributed by atoms with Crippen LogP contribution in [-0.2, 0) is 11.4 Å². The number of ether oxygens (including phenoxy) is 1. The second kappa shape index (κ2) is 19.9. The quantitative estimate of drug-likeness (QED) is 0.177. The number of carbonyl (C=O) groups excluding carboxylic acids is 1. The van der Waals surface area contributed by atoms with E-state index in [-0.39, 0.29) is 5.91 Å². The summed E-state index contributed by atoms with van der Waals surface area (Å²) >= 11 is 0. The van der Waals surface area contributed by atoms with Crippen LogP contribution in [-0.4, -0.2) is 19.0 Å². The topological polar surface area (TPSA) is 50.4 Å². The molecule has 2 aromatic rings. The Morgan fingerprint density at radius 2 is 1.23 bits per heavy atom. The summed E-state index contributed by atoms with van der Waals surface area (Å²) in [5.41, 5.74) is 1.81. The summed E-state index contributed by atoms with van der Waals surface area (Å²) in [6, 6.07) is 17.6. The first-order chi connectivity index (χ1) is 17.3. The third-order valence-corrected chi connectivity index (χ3v) is 6.39. The van der Waals surface area contributed by atoms with Gasteiger partial charge in [-0.15, -0.1) is 0 Å². The summed E-state index contributed by atoms with van der Waals surface area (Å²) in [6.07, 6.45) is 19.1. The van der Waals surface area contributed by atoms with Crippen molar-refractivity contribution in [1.29, 1.82) is 0 Å². The van der Waals surface area contributed by atoms with Gasteiger partial charge in [-0.05, 0) is 30.7 Å². The summed E-state index contributed by atoms with van der Waals surface area (Å²) in [5.74, 6) is 0.655. The minimum atomic E-state index is -0.0360. The van der Waals surface area contributed by atoms with Crippen molar-refractivity contribution in [3.8, 4) is 5.75 Å². The number of para-hydroxylation sites is 2. The predicted octanol–water partition coefficient (Wildman–Crippen LogP) is 8.28. The van der Waals surface area contributed by atoms with Crippen LogP contribution < -0.4 is 15.4 Å². The highest BCUT2D eigenvalue weighted by molar-refractivity contribution is 5.93. The van der Waals surface area contributed by atoms with Gasteiger partial charge >= 0.3 is 0 Å². The highest BCUT2D eigenvalue weighted by Gasteiger charge is 2.07. The third-order valence-electron chi connectivity index (χ3n) is 6.39. The molecule has 0 aromatic heterocycles. The molecule has 1 amide bonds. The van der Waals surface area contributed by atoms with E-state index in [0.29, 0.717) is 24.6 Å². The normalized spacial score (nSPS) is 10.9. The first-order valence-electron chi connectivity index (χ1n) is 14.1. The van der Waals surface area contributed by atoms with Gasteiger partial charge in [0.1, 0.15) is 12.4 Å². The fourth-order valence-electron chi connectivity index (χ4n) is 4.27. The number of unbranched alkanes of at least 4 members (excludes halogenated alkanes) is 13. The molecule has 0 aliphatic carbocycles. The van der Waals surface area contributed by atoms with Crippen molar-refractivity contribution in [3.63, 3.8) is 0 Å². The molecule has 0 bridgehead atoms. The molecule has 2 aromatic carbocycles. The zero-order valence-electron chi connectivity index (χ0n) is 22.0. The average Bonchev–Trinajstić information content (AvgIpc) is 2.88. The molecule has 2 N–H and O–H groups in total. The van der Waals surface area contributed by atoms with Crippen LogP contribution in [0.4, 0.5) is 5.69 Å². The highest BCUT2D eigenvalue weighted by atomic mass is 16.5. The number of anilines is 1. The second-order valence-electron chi connectivity index (χ2n) is 9.59. The van der Waals surface area contributed by atoms with E-state index < -0.39 is 0 Å². The number of carbonyl (C=O) groups is 1. The highest BCUT2D eigenvalue weighted by Crippen LogP contribution is 2.24. The van der Waals surface area contributed by atoms with Crippen LogP contribution in [0.25, 0.3) is 0 Å². The Morgan fingerprint density at radius 1 is 0.686 bits per heavy atom. The van der Waals surface area contributed by atoms with E-state index in [0.717, 1.165) is 18.5 Å². The van der Waals surface area contributed by atoms with E-state index in [4.69, 9.17) is 4.74 Å². The van der Waals surface area contributed by atoms with Crippen molar-refractivity contribution in [3.05, 3.63) is 60.2 Å². The Bertz CT molecular complexity index is 779. The molecule has 0 saturated carbocycles. The van der Waals surface area contributed by atoms with E-state index in [1.165, 1.54) is 83.5 Å². The zero-order valence-corrected chi connectivity index (χ0v) is 22.0. The molecule has 0 fully saturated rings. The molecular weight excluding hydrogens is 432 g/mol. The summed E-state index contributed by atoms with van der Waals surface area (Å²) in [6.45, 7) is 3.97. The van der Waals surface area contributed by atoms with Crippen molar-refractivity contribution in [2.75, 3.05) is 18.4 Å². The SMILES string of the molecule is CCCCCCCCCCCCCCCCNCC(=O)Nc1ccccc1OCc1ccccc1.